The van der Waals surface area contributed by atoms with Crippen LogP contribution in [0.2, 0.25) is 13.1 Å². The van der Waals surface area contributed by atoms with Crippen LogP contribution in [-0.2, 0) is 28.9 Å². The van der Waals surface area contributed by atoms with Crippen LogP contribution in [0.1, 0.15) is 65.2 Å². The summed E-state index contributed by atoms with van der Waals surface area (Å²) < 4.78 is 16.6. The highest BCUT2D eigenvalue weighted by Gasteiger charge is 2.53. The van der Waals surface area contributed by atoms with Crippen molar-refractivity contribution < 1.29 is 28.6 Å². The lowest BCUT2D eigenvalue weighted by Crippen LogP contribution is -2.53. The second kappa shape index (κ2) is 11.1. The zero-order valence-corrected chi connectivity index (χ0v) is 20.8. The van der Waals surface area contributed by atoms with Gasteiger partial charge in [-0.05, 0) is 49.9 Å². The summed E-state index contributed by atoms with van der Waals surface area (Å²) in [5.74, 6) is -2.75. The van der Waals surface area contributed by atoms with Crippen LogP contribution >= 0.6 is 0 Å². The first-order chi connectivity index (χ1) is 13.9. The average molecular weight is 439 g/mol. The Morgan fingerprint density at radius 2 is 1.53 bits per heavy atom. The molecule has 1 aromatic rings. The van der Waals surface area contributed by atoms with Crippen molar-refractivity contribution in [2.24, 2.45) is 5.92 Å². The summed E-state index contributed by atoms with van der Waals surface area (Å²) in [5, 5.41) is 11.4. The predicted molar refractivity (Wildman–Crippen MR) is 120 cm³/mol. The van der Waals surface area contributed by atoms with Gasteiger partial charge in [0.2, 0.25) is 0 Å². The first-order valence-electron chi connectivity index (χ1n) is 10.7. The number of hydrogen-bond donors (Lipinski definition) is 1. The molecule has 1 rings (SSSR count). The molecule has 7 heteroatoms. The molecule has 3 atom stereocenters. The molecule has 3 unspecified atom stereocenters. The Morgan fingerprint density at radius 1 is 1.00 bits per heavy atom. The molecule has 0 saturated heterocycles. The third-order valence-corrected chi connectivity index (χ3v) is 5.89. The van der Waals surface area contributed by atoms with E-state index in [0.717, 1.165) is 11.1 Å². The number of rotatable bonds is 10. The molecule has 0 bridgehead atoms. The van der Waals surface area contributed by atoms with E-state index in [1.807, 2.05) is 37.4 Å². The molecule has 0 radical (unpaired) electrons. The fourth-order valence-electron chi connectivity index (χ4n) is 3.36. The summed E-state index contributed by atoms with van der Waals surface area (Å²) in [6, 6.07) is 7.78. The van der Waals surface area contributed by atoms with E-state index >= 15 is 0 Å². The van der Waals surface area contributed by atoms with Crippen LogP contribution < -0.4 is 0 Å². The van der Waals surface area contributed by atoms with Crippen molar-refractivity contribution >= 4 is 21.0 Å². The van der Waals surface area contributed by atoms with Crippen LogP contribution in [0.3, 0.4) is 0 Å². The number of hydrogen-bond acceptors (Lipinski definition) is 6. The molecule has 1 aromatic carbocycles. The highest BCUT2D eigenvalue weighted by atomic mass is 28.3. The van der Waals surface area contributed by atoms with E-state index in [2.05, 4.69) is 20.8 Å². The first kappa shape index (κ1) is 26.3. The minimum absolute atomic E-state index is 0.00506. The molecule has 0 spiro atoms. The zero-order valence-electron chi connectivity index (χ0n) is 19.7. The average Bonchev–Trinajstić information content (AvgIpc) is 2.66. The third kappa shape index (κ3) is 6.40. The van der Waals surface area contributed by atoms with Gasteiger partial charge in [-0.25, -0.2) is 4.79 Å². The van der Waals surface area contributed by atoms with Crippen molar-refractivity contribution in [2.45, 2.75) is 78.2 Å². The molecule has 1 N–H and O–H groups in total. The van der Waals surface area contributed by atoms with E-state index in [9.17, 15) is 14.7 Å². The summed E-state index contributed by atoms with van der Waals surface area (Å²) in [4.78, 5) is 25.8. The molecule has 0 amide bonds. The molecule has 0 fully saturated rings. The van der Waals surface area contributed by atoms with Crippen LogP contribution in [0.15, 0.2) is 24.3 Å². The molecule has 0 aromatic heterocycles. The van der Waals surface area contributed by atoms with Crippen LogP contribution in [0.4, 0.5) is 0 Å². The van der Waals surface area contributed by atoms with E-state index < -0.39 is 38.6 Å². The lowest BCUT2D eigenvalue weighted by Gasteiger charge is -2.37. The zero-order chi connectivity index (χ0) is 23.1. The van der Waals surface area contributed by atoms with Gasteiger partial charge in [-0.1, -0.05) is 52.0 Å². The van der Waals surface area contributed by atoms with Crippen LogP contribution in [0, 0.1) is 5.92 Å². The maximum absolute atomic E-state index is 13.0. The van der Waals surface area contributed by atoms with Crippen LogP contribution in [-0.4, -0.2) is 44.9 Å². The van der Waals surface area contributed by atoms with Gasteiger partial charge in [-0.15, -0.1) is 0 Å². The number of benzene rings is 1. The van der Waals surface area contributed by atoms with Crippen LogP contribution in [0.25, 0.3) is 0 Å². The van der Waals surface area contributed by atoms with Crippen molar-refractivity contribution in [3.8, 4) is 0 Å². The molecule has 0 heterocycles. The van der Waals surface area contributed by atoms with Crippen molar-refractivity contribution in [1.29, 1.82) is 0 Å². The normalized spacial score (nSPS) is 15.9. The Morgan fingerprint density at radius 3 is 1.93 bits per heavy atom. The van der Waals surface area contributed by atoms with Crippen molar-refractivity contribution in [2.75, 3.05) is 13.2 Å². The van der Waals surface area contributed by atoms with E-state index in [1.54, 1.807) is 20.8 Å². The minimum atomic E-state index is -2.06. The smallest absolute Gasteiger partial charge is 0.339 e. The standard InChI is InChI=1S/C23H38O6Si/c1-9-23(26,21(25)28-11-3)18(20(24)27-10-2)19(29-30(7)8)16-12-14-17(15-13-16)22(4,5)6/h12-15,18-19,26,30H,9-11H2,1-8H3. The van der Waals surface area contributed by atoms with Gasteiger partial charge in [0.25, 0.3) is 0 Å². The lowest BCUT2D eigenvalue weighted by molar-refractivity contribution is -0.188. The number of carbonyl (C=O) groups excluding carboxylic acids is 2. The molecular weight excluding hydrogens is 400 g/mol. The SMILES string of the molecule is CCOC(=O)C(C(O[SiH](C)C)c1ccc(C(C)(C)C)cc1)C(O)(CC)C(=O)OCC. The van der Waals surface area contributed by atoms with Crippen molar-refractivity contribution in [3.63, 3.8) is 0 Å². The molecule has 0 aliphatic heterocycles. The highest BCUT2D eigenvalue weighted by Crippen LogP contribution is 2.39. The molecule has 0 aliphatic rings. The van der Waals surface area contributed by atoms with Crippen LogP contribution in [0.5, 0.6) is 0 Å². The largest absolute Gasteiger partial charge is 0.466 e. The second-order valence-corrected chi connectivity index (χ2v) is 11.1. The molecule has 0 saturated carbocycles. The Bertz CT molecular complexity index is 695. The number of carbonyl (C=O) groups is 2. The van der Waals surface area contributed by atoms with Gasteiger partial charge in [0, 0.05) is 0 Å². The molecule has 170 valence electrons. The molecular formula is C23H38O6Si. The third-order valence-electron chi connectivity index (χ3n) is 5.05. The van der Waals surface area contributed by atoms with Crippen molar-refractivity contribution in [1.82, 2.24) is 0 Å². The van der Waals surface area contributed by atoms with E-state index in [-0.39, 0.29) is 25.0 Å². The molecule has 30 heavy (non-hydrogen) atoms. The summed E-state index contributed by atoms with van der Waals surface area (Å²) in [6.45, 7) is 15.5. The maximum Gasteiger partial charge on any atom is 0.339 e. The van der Waals surface area contributed by atoms with Crippen molar-refractivity contribution in [3.05, 3.63) is 35.4 Å². The maximum atomic E-state index is 13.0. The molecule has 0 aliphatic carbocycles. The van der Waals surface area contributed by atoms with Gasteiger partial charge in [0.1, 0.15) is 5.92 Å². The van der Waals surface area contributed by atoms with Gasteiger partial charge < -0.3 is 19.0 Å². The second-order valence-electron chi connectivity index (χ2n) is 8.71. The summed E-state index contributed by atoms with van der Waals surface area (Å²) in [5.41, 5.74) is -0.231. The first-order valence-corrected chi connectivity index (χ1v) is 13.5. The quantitative estimate of drug-likeness (QED) is 0.441. The summed E-state index contributed by atoms with van der Waals surface area (Å²) in [7, 11) is -1.66. The van der Waals surface area contributed by atoms with Gasteiger partial charge in [-0.3, -0.25) is 4.79 Å². The van der Waals surface area contributed by atoms with Gasteiger partial charge in [0.05, 0.1) is 19.3 Å². The van der Waals surface area contributed by atoms with E-state index in [4.69, 9.17) is 13.9 Å². The highest BCUT2D eigenvalue weighted by molar-refractivity contribution is 6.48. The Kier molecular flexibility index (Phi) is 9.72. The predicted octanol–water partition coefficient (Wildman–Crippen LogP) is 3.91. The number of esters is 2. The van der Waals surface area contributed by atoms with Gasteiger partial charge in [0.15, 0.2) is 14.6 Å². The Hall–Kier alpha value is -1.70. The van der Waals surface area contributed by atoms with Gasteiger partial charge >= 0.3 is 11.9 Å². The lowest BCUT2D eigenvalue weighted by atomic mass is 9.78. The Balaban J connectivity index is 3.58. The fraction of sp³-hybridized carbons (Fsp3) is 0.652. The monoisotopic (exact) mass is 438 g/mol. The topological polar surface area (TPSA) is 82.1 Å². The number of aliphatic hydroxyl groups is 1. The molecule has 6 nitrogen and oxygen atoms in total. The van der Waals surface area contributed by atoms with Gasteiger partial charge in [-0.2, -0.15) is 0 Å². The summed E-state index contributed by atoms with van der Waals surface area (Å²) in [6.07, 6.45) is -0.825. The van der Waals surface area contributed by atoms with E-state index in [1.165, 1.54) is 0 Å². The summed E-state index contributed by atoms with van der Waals surface area (Å²) >= 11 is 0. The fourth-order valence-corrected chi connectivity index (χ4v) is 4.26. The van der Waals surface area contributed by atoms with E-state index in [0.29, 0.717) is 0 Å². The minimum Gasteiger partial charge on any atom is -0.466 e. The number of ether oxygens (including phenoxy) is 2. The Labute approximate surface area is 182 Å².